The van der Waals surface area contributed by atoms with Crippen LogP contribution in [-0.4, -0.2) is 29.3 Å². The molecule has 19 heavy (non-hydrogen) atoms. The minimum Gasteiger partial charge on any atom is -0.338 e. The van der Waals surface area contributed by atoms with Crippen LogP contribution >= 0.6 is 11.6 Å². The van der Waals surface area contributed by atoms with Gasteiger partial charge in [-0.15, -0.1) is 11.6 Å². The Kier molecular flexibility index (Phi) is 4.36. The lowest BCUT2D eigenvalue weighted by Crippen LogP contribution is -2.42. The molecule has 0 aromatic heterocycles. The van der Waals surface area contributed by atoms with Crippen molar-refractivity contribution in [1.29, 1.82) is 0 Å². The second-order valence-corrected chi connectivity index (χ2v) is 7.14. The fourth-order valence-electron chi connectivity index (χ4n) is 4.28. The lowest BCUT2D eigenvalue weighted by Gasteiger charge is -2.40. The number of carbonyl (C=O) groups excluding carboxylic acids is 1. The molecule has 3 unspecified atom stereocenters. The van der Waals surface area contributed by atoms with E-state index in [0.29, 0.717) is 23.7 Å². The minimum absolute atomic E-state index is 0.308. The van der Waals surface area contributed by atoms with Crippen molar-refractivity contribution >= 4 is 17.5 Å². The summed E-state index contributed by atoms with van der Waals surface area (Å²) >= 11 is 5.87. The zero-order valence-corrected chi connectivity index (χ0v) is 12.6. The minimum atomic E-state index is 0.308. The fraction of sp³-hybridized carbons (Fsp3) is 0.938. The van der Waals surface area contributed by atoms with Crippen LogP contribution in [0.15, 0.2) is 0 Å². The van der Waals surface area contributed by atoms with Gasteiger partial charge in [0.15, 0.2) is 0 Å². The van der Waals surface area contributed by atoms with Gasteiger partial charge >= 0.3 is 0 Å². The molecule has 0 N–H and O–H groups in total. The Balaban J connectivity index is 1.60. The molecule has 0 aromatic rings. The monoisotopic (exact) mass is 283 g/mol. The van der Waals surface area contributed by atoms with Crippen LogP contribution in [0, 0.1) is 17.8 Å². The van der Waals surface area contributed by atoms with E-state index in [0.717, 1.165) is 31.2 Å². The molecular formula is C16H26ClNO. The Bertz CT molecular complexity index is 329. The lowest BCUT2D eigenvalue weighted by atomic mass is 9.67. The van der Waals surface area contributed by atoms with Gasteiger partial charge in [0.05, 0.1) is 0 Å². The number of fused-ring (bicyclic) bond motifs is 1. The van der Waals surface area contributed by atoms with Crippen LogP contribution in [0.2, 0.25) is 0 Å². The topological polar surface area (TPSA) is 20.3 Å². The molecule has 3 rings (SSSR count). The summed E-state index contributed by atoms with van der Waals surface area (Å²) in [7, 11) is 0. The first-order valence-electron chi connectivity index (χ1n) is 8.16. The molecule has 3 aliphatic carbocycles. The molecule has 3 fully saturated rings. The first-order chi connectivity index (χ1) is 9.29. The van der Waals surface area contributed by atoms with E-state index >= 15 is 0 Å². The maximum Gasteiger partial charge on any atom is 0.225 e. The van der Waals surface area contributed by atoms with E-state index in [9.17, 15) is 4.79 Å². The molecule has 0 spiro atoms. The highest BCUT2D eigenvalue weighted by atomic mass is 35.5. The number of alkyl halides is 1. The van der Waals surface area contributed by atoms with E-state index in [-0.39, 0.29) is 0 Å². The Hall–Kier alpha value is -0.240. The van der Waals surface area contributed by atoms with E-state index in [4.69, 9.17) is 11.6 Å². The van der Waals surface area contributed by atoms with Gasteiger partial charge in [-0.2, -0.15) is 0 Å². The molecule has 3 atom stereocenters. The molecule has 2 nitrogen and oxygen atoms in total. The van der Waals surface area contributed by atoms with Crippen molar-refractivity contribution in [2.75, 3.05) is 12.4 Å². The Morgan fingerprint density at radius 2 is 1.74 bits per heavy atom. The van der Waals surface area contributed by atoms with Crippen molar-refractivity contribution in [3.8, 4) is 0 Å². The number of hydrogen-bond donors (Lipinski definition) is 0. The molecular weight excluding hydrogens is 258 g/mol. The molecule has 0 saturated heterocycles. The van der Waals surface area contributed by atoms with Gasteiger partial charge in [-0.1, -0.05) is 25.7 Å². The number of rotatable bonds is 4. The average molecular weight is 284 g/mol. The van der Waals surface area contributed by atoms with Crippen molar-refractivity contribution in [3.05, 3.63) is 0 Å². The van der Waals surface area contributed by atoms with Crippen LogP contribution in [0.3, 0.4) is 0 Å². The van der Waals surface area contributed by atoms with Crippen LogP contribution in [0.4, 0.5) is 0 Å². The second-order valence-electron chi connectivity index (χ2n) is 6.77. The largest absolute Gasteiger partial charge is 0.338 e. The second kappa shape index (κ2) is 6.03. The summed E-state index contributed by atoms with van der Waals surface area (Å²) < 4.78 is 0. The highest BCUT2D eigenvalue weighted by Crippen LogP contribution is 2.43. The van der Waals surface area contributed by atoms with Crippen LogP contribution in [0.25, 0.3) is 0 Å². The number of halogens is 1. The molecule has 108 valence electrons. The van der Waals surface area contributed by atoms with Gasteiger partial charge in [-0.05, 0) is 43.9 Å². The van der Waals surface area contributed by atoms with E-state index < -0.39 is 0 Å². The first kappa shape index (κ1) is 13.7. The molecule has 0 aliphatic heterocycles. The molecule has 1 amide bonds. The number of hydrogen-bond acceptors (Lipinski definition) is 1. The fourth-order valence-corrected chi connectivity index (χ4v) is 4.46. The van der Waals surface area contributed by atoms with E-state index in [2.05, 4.69) is 4.90 Å². The molecule has 0 radical (unpaired) electrons. The molecule has 0 aromatic carbocycles. The highest BCUT2D eigenvalue weighted by Gasteiger charge is 2.39. The number of carbonyl (C=O) groups is 1. The third-order valence-electron chi connectivity index (χ3n) is 5.49. The summed E-state index contributed by atoms with van der Waals surface area (Å²) in [6.07, 6.45) is 11.6. The maximum absolute atomic E-state index is 12.7. The van der Waals surface area contributed by atoms with E-state index in [1.54, 1.807) is 0 Å². The quantitative estimate of drug-likeness (QED) is 0.718. The molecule has 0 heterocycles. The van der Waals surface area contributed by atoms with Gasteiger partial charge in [-0.3, -0.25) is 4.79 Å². The van der Waals surface area contributed by atoms with Gasteiger partial charge < -0.3 is 4.90 Å². The van der Waals surface area contributed by atoms with Gasteiger partial charge in [0, 0.05) is 24.4 Å². The molecule has 3 aliphatic rings. The van der Waals surface area contributed by atoms with E-state index in [1.165, 1.54) is 44.9 Å². The predicted octanol–water partition coefficient (Wildman–Crippen LogP) is 3.82. The van der Waals surface area contributed by atoms with Gasteiger partial charge in [0.25, 0.3) is 0 Å². The smallest absolute Gasteiger partial charge is 0.225 e. The normalized spacial score (nSPS) is 34.7. The predicted molar refractivity (Wildman–Crippen MR) is 78.2 cm³/mol. The van der Waals surface area contributed by atoms with Crippen molar-refractivity contribution < 1.29 is 4.79 Å². The summed E-state index contributed by atoms with van der Waals surface area (Å²) in [4.78, 5) is 14.8. The van der Waals surface area contributed by atoms with Gasteiger partial charge in [-0.25, -0.2) is 0 Å². The van der Waals surface area contributed by atoms with Gasteiger partial charge in [0.2, 0.25) is 5.91 Å². The third-order valence-corrected chi connectivity index (χ3v) is 5.65. The molecule has 3 heteroatoms. The third kappa shape index (κ3) is 3.09. The van der Waals surface area contributed by atoms with Crippen LogP contribution in [0.5, 0.6) is 0 Å². The summed E-state index contributed by atoms with van der Waals surface area (Å²) in [5, 5.41) is 0. The summed E-state index contributed by atoms with van der Waals surface area (Å²) in [5.41, 5.74) is 0. The van der Waals surface area contributed by atoms with Crippen LogP contribution < -0.4 is 0 Å². The number of amides is 1. The summed E-state index contributed by atoms with van der Waals surface area (Å²) in [6, 6.07) is 0.523. The Morgan fingerprint density at radius 1 is 1.00 bits per heavy atom. The maximum atomic E-state index is 12.7. The molecule has 0 bridgehead atoms. The van der Waals surface area contributed by atoms with Crippen molar-refractivity contribution in [2.45, 2.75) is 63.8 Å². The zero-order chi connectivity index (χ0) is 13.2. The molecule has 3 saturated carbocycles. The Labute approximate surface area is 121 Å². The van der Waals surface area contributed by atoms with E-state index in [1.807, 2.05) is 0 Å². The van der Waals surface area contributed by atoms with Gasteiger partial charge in [0.1, 0.15) is 0 Å². The van der Waals surface area contributed by atoms with Crippen LogP contribution in [-0.2, 0) is 4.79 Å². The average Bonchev–Trinajstić information content (AvgIpc) is 3.28. The lowest BCUT2D eigenvalue weighted by molar-refractivity contribution is -0.138. The van der Waals surface area contributed by atoms with Crippen molar-refractivity contribution in [1.82, 2.24) is 4.90 Å². The standard InChI is InChI=1S/C16H26ClNO/c17-9-10-18(15-7-8-15)16(19)14-6-5-12-3-1-2-4-13(12)11-14/h12-15H,1-11H2. The van der Waals surface area contributed by atoms with Crippen LogP contribution in [0.1, 0.15) is 57.8 Å². The summed E-state index contributed by atoms with van der Waals surface area (Å²) in [6.45, 7) is 0.760. The van der Waals surface area contributed by atoms with Crippen molar-refractivity contribution in [3.63, 3.8) is 0 Å². The Morgan fingerprint density at radius 3 is 2.42 bits per heavy atom. The number of nitrogens with zero attached hydrogens (tertiary/aromatic N) is 1. The SMILES string of the molecule is O=C(C1CCC2CCCCC2C1)N(CCCl)C1CC1. The van der Waals surface area contributed by atoms with Crippen molar-refractivity contribution in [2.24, 2.45) is 17.8 Å². The first-order valence-corrected chi connectivity index (χ1v) is 8.69. The summed E-state index contributed by atoms with van der Waals surface area (Å²) in [5.74, 6) is 3.09. The zero-order valence-electron chi connectivity index (χ0n) is 11.8. The highest BCUT2D eigenvalue weighted by molar-refractivity contribution is 6.18.